The molecule has 0 atom stereocenters. The van der Waals surface area contributed by atoms with Crippen molar-refractivity contribution in [3.05, 3.63) is 28.3 Å². The van der Waals surface area contributed by atoms with Crippen LogP contribution in [0, 0.1) is 0 Å². The molecule has 0 amide bonds. The number of alkyl halides is 1. The van der Waals surface area contributed by atoms with E-state index in [1.165, 1.54) is 12.3 Å². The van der Waals surface area contributed by atoms with Crippen molar-refractivity contribution < 1.29 is 9.52 Å². The van der Waals surface area contributed by atoms with Crippen molar-refractivity contribution in [2.24, 2.45) is 0 Å². The molecule has 1 heterocycles. The van der Waals surface area contributed by atoms with Crippen LogP contribution in [0.25, 0.3) is 0 Å². The maximum atomic E-state index is 10.7. The Morgan fingerprint density at radius 2 is 2.40 bits per heavy atom. The van der Waals surface area contributed by atoms with E-state index in [2.05, 4.69) is 15.9 Å². The lowest BCUT2D eigenvalue weighted by molar-refractivity contribution is 0.410. The Kier molecular flexibility index (Phi) is 2.11. The van der Waals surface area contributed by atoms with E-state index in [1.807, 2.05) is 0 Å². The van der Waals surface area contributed by atoms with E-state index >= 15 is 0 Å². The predicted molar refractivity (Wildman–Crippen MR) is 39.3 cm³/mol. The molecule has 0 fully saturated rings. The van der Waals surface area contributed by atoms with Gasteiger partial charge in [0, 0.05) is 6.07 Å². The zero-order chi connectivity index (χ0) is 7.56. The molecule has 0 aliphatic heterocycles. The second-order valence-corrected chi connectivity index (χ2v) is 2.25. The molecule has 10 heavy (non-hydrogen) atoms. The molecule has 0 unspecified atom stereocenters. The van der Waals surface area contributed by atoms with Crippen LogP contribution >= 0.6 is 15.9 Å². The largest absolute Gasteiger partial charge is 0.502 e. The summed E-state index contributed by atoms with van der Waals surface area (Å²) in [5, 5.41) is 9.30. The van der Waals surface area contributed by atoms with Crippen molar-refractivity contribution in [2.75, 3.05) is 0 Å². The highest BCUT2D eigenvalue weighted by atomic mass is 79.9. The van der Waals surface area contributed by atoms with E-state index in [0.717, 1.165) is 0 Å². The molecule has 0 saturated carbocycles. The van der Waals surface area contributed by atoms with E-state index in [1.54, 1.807) is 0 Å². The molecule has 0 saturated heterocycles. The molecule has 1 aromatic rings. The highest BCUT2D eigenvalue weighted by Gasteiger charge is 2.03. The summed E-state index contributed by atoms with van der Waals surface area (Å²) < 4.78 is 4.79. The molecule has 0 aliphatic carbocycles. The molecule has 0 radical (unpaired) electrons. The summed E-state index contributed by atoms with van der Waals surface area (Å²) >= 11 is 3.05. The maximum absolute atomic E-state index is 10.7. The van der Waals surface area contributed by atoms with Crippen LogP contribution in [0.5, 0.6) is 5.75 Å². The van der Waals surface area contributed by atoms with Crippen LogP contribution in [-0.2, 0) is 5.33 Å². The highest BCUT2D eigenvalue weighted by molar-refractivity contribution is 9.08. The van der Waals surface area contributed by atoms with Crippen molar-refractivity contribution in [3.63, 3.8) is 0 Å². The molecule has 1 N–H and O–H groups in total. The second-order valence-electron chi connectivity index (χ2n) is 1.69. The SMILES string of the molecule is O=c1ccoc(CBr)c1O. The first kappa shape index (κ1) is 7.34. The smallest absolute Gasteiger partial charge is 0.226 e. The Balaban J connectivity index is 3.28. The first-order valence-electron chi connectivity index (χ1n) is 2.61. The van der Waals surface area contributed by atoms with E-state index in [4.69, 9.17) is 9.52 Å². The molecule has 1 rings (SSSR count). The van der Waals surface area contributed by atoms with Crippen molar-refractivity contribution in [3.8, 4) is 5.75 Å². The van der Waals surface area contributed by atoms with Gasteiger partial charge in [-0.1, -0.05) is 15.9 Å². The van der Waals surface area contributed by atoms with Gasteiger partial charge >= 0.3 is 0 Å². The second kappa shape index (κ2) is 2.88. The fourth-order valence-electron chi connectivity index (χ4n) is 0.545. The molecular formula is C6H5BrO3. The lowest BCUT2D eigenvalue weighted by atomic mass is 10.4. The molecule has 3 nitrogen and oxygen atoms in total. The standard InChI is InChI=1S/C6H5BrO3/c7-3-5-6(9)4(8)1-2-10-5/h1-2,9H,3H2. The zero-order valence-electron chi connectivity index (χ0n) is 5.00. The third-order valence-corrected chi connectivity index (χ3v) is 1.56. The monoisotopic (exact) mass is 204 g/mol. The average Bonchev–Trinajstić information content (AvgIpc) is 1.95. The summed E-state index contributed by atoms with van der Waals surface area (Å²) in [4.78, 5) is 10.7. The van der Waals surface area contributed by atoms with Gasteiger partial charge in [0.2, 0.25) is 11.2 Å². The van der Waals surface area contributed by atoms with Crippen LogP contribution < -0.4 is 5.43 Å². The van der Waals surface area contributed by atoms with Crippen LogP contribution in [0.2, 0.25) is 0 Å². The fourth-order valence-corrected chi connectivity index (χ4v) is 0.943. The first-order chi connectivity index (χ1) is 4.75. The predicted octanol–water partition coefficient (Wildman–Crippen LogP) is 1.24. The van der Waals surface area contributed by atoms with Gasteiger partial charge in [-0.05, 0) is 0 Å². The van der Waals surface area contributed by atoms with Gasteiger partial charge in [-0.15, -0.1) is 0 Å². The Bertz CT molecular complexity index is 279. The molecule has 4 heteroatoms. The number of halogens is 1. The van der Waals surface area contributed by atoms with Gasteiger partial charge in [0.25, 0.3) is 0 Å². The van der Waals surface area contributed by atoms with Gasteiger partial charge in [0.15, 0.2) is 5.76 Å². The van der Waals surface area contributed by atoms with E-state index < -0.39 is 5.43 Å². The minimum absolute atomic E-state index is 0.257. The van der Waals surface area contributed by atoms with E-state index in [9.17, 15) is 4.79 Å². The van der Waals surface area contributed by atoms with Gasteiger partial charge < -0.3 is 9.52 Å². The van der Waals surface area contributed by atoms with Gasteiger partial charge in [-0.25, -0.2) is 0 Å². The zero-order valence-corrected chi connectivity index (χ0v) is 6.59. The minimum Gasteiger partial charge on any atom is -0.502 e. The minimum atomic E-state index is -0.416. The normalized spacial score (nSPS) is 9.70. The van der Waals surface area contributed by atoms with Crippen molar-refractivity contribution in [1.82, 2.24) is 0 Å². The molecule has 1 aromatic heterocycles. The summed E-state index contributed by atoms with van der Waals surface area (Å²) in [6.45, 7) is 0. The van der Waals surface area contributed by atoms with Crippen LogP contribution in [0.15, 0.2) is 21.5 Å². The van der Waals surface area contributed by atoms with Crippen molar-refractivity contribution >= 4 is 15.9 Å². The Morgan fingerprint density at radius 3 is 2.90 bits per heavy atom. The molecule has 0 spiro atoms. The van der Waals surface area contributed by atoms with Crippen LogP contribution in [-0.4, -0.2) is 5.11 Å². The lowest BCUT2D eigenvalue weighted by Crippen LogP contribution is -1.98. The van der Waals surface area contributed by atoms with Gasteiger partial charge in [-0.2, -0.15) is 0 Å². The fraction of sp³-hybridized carbons (Fsp3) is 0.167. The van der Waals surface area contributed by atoms with E-state index in [-0.39, 0.29) is 11.5 Å². The van der Waals surface area contributed by atoms with Crippen LogP contribution in [0.4, 0.5) is 0 Å². The molecule has 0 bridgehead atoms. The van der Waals surface area contributed by atoms with Gasteiger partial charge in [0.05, 0.1) is 11.6 Å². The molecule has 0 aliphatic rings. The average molecular weight is 205 g/mol. The quantitative estimate of drug-likeness (QED) is 0.701. The number of rotatable bonds is 1. The van der Waals surface area contributed by atoms with E-state index in [0.29, 0.717) is 5.33 Å². The van der Waals surface area contributed by atoms with Gasteiger partial charge in [-0.3, -0.25) is 4.79 Å². The highest BCUT2D eigenvalue weighted by Crippen LogP contribution is 2.13. The summed E-state index contributed by atoms with van der Waals surface area (Å²) in [5.41, 5.74) is -0.416. The summed E-state index contributed by atoms with van der Waals surface area (Å²) in [7, 11) is 0. The van der Waals surface area contributed by atoms with Gasteiger partial charge in [0.1, 0.15) is 0 Å². The number of hydrogen-bond acceptors (Lipinski definition) is 3. The molecular weight excluding hydrogens is 200 g/mol. The third kappa shape index (κ3) is 1.21. The number of aromatic hydroxyl groups is 1. The van der Waals surface area contributed by atoms with Crippen LogP contribution in [0.1, 0.15) is 5.76 Å². The Labute approximate surface area is 65.4 Å². The van der Waals surface area contributed by atoms with Crippen molar-refractivity contribution in [1.29, 1.82) is 0 Å². The maximum Gasteiger partial charge on any atom is 0.226 e. The Morgan fingerprint density at radius 1 is 1.70 bits per heavy atom. The molecule has 0 aromatic carbocycles. The third-order valence-electron chi connectivity index (χ3n) is 1.05. The molecule has 54 valence electrons. The Hall–Kier alpha value is -0.770. The first-order valence-corrected chi connectivity index (χ1v) is 3.73. The topological polar surface area (TPSA) is 50.4 Å². The van der Waals surface area contributed by atoms with Crippen LogP contribution in [0.3, 0.4) is 0 Å². The summed E-state index contributed by atoms with van der Waals surface area (Å²) in [6.07, 6.45) is 1.25. The summed E-state index contributed by atoms with van der Waals surface area (Å²) in [5.74, 6) is -0.0631. The lowest BCUT2D eigenvalue weighted by Gasteiger charge is -1.94. The number of hydrogen-bond donors (Lipinski definition) is 1. The summed E-state index contributed by atoms with van der Waals surface area (Å²) in [6, 6.07) is 1.17. The van der Waals surface area contributed by atoms with Crippen molar-refractivity contribution in [2.45, 2.75) is 5.33 Å².